The van der Waals surface area contributed by atoms with Gasteiger partial charge in [0.05, 0.1) is 17.4 Å². The first-order valence-corrected chi connectivity index (χ1v) is 5.99. The molecular weight excluding hydrogens is 270 g/mol. The fourth-order valence-corrected chi connectivity index (χ4v) is 1.81. The monoisotopic (exact) mass is 281 g/mol. The van der Waals surface area contributed by atoms with Crippen LogP contribution in [0.2, 0.25) is 5.02 Å². The third kappa shape index (κ3) is 3.66. The average Bonchev–Trinajstić information content (AvgIpc) is 2.38. The molecule has 0 unspecified atom stereocenters. The molecule has 0 fully saturated rings. The lowest BCUT2D eigenvalue weighted by molar-refractivity contribution is -0.384. The lowest BCUT2D eigenvalue weighted by Crippen LogP contribution is -2.31. The van der Waals surface area contributed by atoms with Crippen LogP contribution in [0, 0.1) is 21.4 Å². The van der Waals surface area contributed by atoms with Gasteiger partial charge in [0.1, 0.15) is 5.02 Å². The van der Waals surface area contributed by atoms with Gasteiger partial charge in [-0.2, -0.15) is 5.26 Å². The van der Waals surface area contributed by atoms with Crippen LogP contribution >= 0.6 is 11.6 Å². The number of benzene rings is 1. The van der Waals surface area contributed by atoms with Crippen molar-refractivity contribution in [2.24, 2.45) is 0 Å². The lowest BCUT2D eigenvalue weighted by Gasteiger charge is -2.19. The molecule has 0 saturated heterocycles. The normalized spacial score (nSPS) is 9.74. The Hall–Kier alpha value is -2.13. The number of carbonyl (C=O) groups excluding carboxylic acids is 1. The lowest BCUT2D eigenvalue weighted by atomic mass is 10.1. The van der Waals surface area contributed by atoms with Gasteiger partial charge in [0.2, 0.25) is 0 Å². The van der Waals surface area contributed by atoms with E-state index in [1.807, 2.05) is 6.07 Å². The van der Waals surface area contributed by atoms with E-state index in [4.69, 9.17) is 16.9 Å². The first-order valence-electron chi connectivity index (χ1n) is 5.61. The van der Waals surface area contributed by atoms with Crippen LogP contribution in [0.4, 0.5) is 5.69 Å². The van der Waals surface area contributed by atoms with Gasteiger partial charge in [0.25, 0.3) is 11.6 Å². The number of hydrogen-bond acceptors (Lipinski definition) is 4. The Morgan fingerprint density at radius 3 is 2.74 bits per heavy atom. The maximum atomic E-state index is 12.1. The molecule has 1 rings (SSSR count). The SMILES string of the molecule is CCN(CCC#N)C(=O)c1ccc([N+](=O)[O-])c(Cl)c1. The van der Waals surface area contributed by atoms with Gasteiger partial charge >= 0.3 is 0 Å². The second-order valence-electron chi connectivity index (χ2n) is 3.72. The Morgan fingerprint density at radius 2 is 2.26 bits per heavy atom. The Kier molecular flexibility index (Phi) is 5.27. The van der Waals surface area contributed by atoms with Crippen molar-refractivity contribution in [3.63, 3.8) is 0 Å². The van der Waals surface area contributed by atoms with Gasteiger partial charge in [0.15, 0.2) is 0 Å². The summed E-state index contributed by atoms with van der Waals surface area (Å²) in [6.45, 7) is 2.57. The van der Waals surface area contributed by atoms with Crippen LogP contribution in [0.3, 0.4) is 0 Å². The number of nitro benzene ring substituents is 1. The molecule has 0 saturated carbocycles. The molecule has 0 N–H and O–H groups in total. The number of nitro groups is 1. The van der Waals surface area contributed by atoms with Crippen molar-refractivity contribution in [1.82, 2.24) is 4.90 Å². The van der Waals surface area contributed by atoms with Crippen LogP contribution in [0.15, 0.2) is 18.2 Å². The highest BCUT2D eigenvalue weighted by Gasteiger charge is 2.18. The minimum atomic E-state index is -0.607. The van der Waals surface area contributed by atoms with E-state index < -0.39 is 4.92 Å². The zero-order chi connectivity index (χ0) is 14.4. The summed E-state index contributed by atoms with van der Waals surface area (Å²) in [5, 5.41) is 19.1. The van der Waals surface area contributed by atoms with E-state index >= 15 is 0 Å². The smallest absolute Gasteiger partial charge is 0.287 e. The number of halogens is 1. The van der Waals surface area contributed by atoms with Crippen molar-refractivity contribution in [1.29, 1.82) is 5.26 Å². The Balaban J connectivity index is 2.97. The molecular formula is C12H12ClN3O3. The summed E-state index contributed by atoms with van der Waals surface area (Å²) in [7, 11) is 0. The molecule has 0 aliphatic heterocycles. The number of amides is 1. The molecule has 1 aromatic rings. The fourth-order valence-electron chi connectivity index (χ4n) is 1.56. The molecule has 0 aliphatic carbocycles. The minimum Gasteiger partial charge on any atom is -0.338 e. The van der Waals surface area contributed by atoms with E-state index in [2.05, 4.69) is 0 Å². The number of hydrogen-bond donors (Lipinski definition) is 0. The van der Waals surface area contributed by atoms with Crippen LogP contribution in [0.1, 0.15) is 23.7 Å². The van der Waals surface area contributed by atoms with Crippen LogP contribution < -0.4 is 0 Å². The van der Waals surface area contributed by atoms with Crippen molar-refractivity contribution < 1.29 is 9.72 Å². The second kappa shape index (κ2) is 6.71. The van der Waals surface area contributed by atoms with E-state index in [9.17, 15) is 14.9 Å². The first kappa shape index (κ1) is 14.9. The zero-order valence-corrected chi connectivity index (χ0v) is 11.1. The third-order valence-electron chi connectivity index (χ3n) is 2.55. The van der Waals surface area contributed by atoms with Gasteiger partial charge in [0, 0.05) is 24.7 Å². The Labute approximate surface area is 115 Å². The molecule has 0 bridgehead atoms. The molecule has 100 valence electrons. The van der Waals surface area contributed by atoms with Crippen LogP contribution in [-0.4, -0.2) is 28.8 Å². The van der Waals surface area contributed by atoms with Gasteiger partial charge in [-0.05, 0) is 19.1 Å². The standard InChI is InChI=1S/C12H12ClN3O3/c1-2-15(7-3-6-14)12(17)9-4-5-11(16(18)19)10(13)8-9/h4-5,8H,2-3,7H2,1H3. The average molecular weight is 282 g/mol. The van der Waals surface area contributed by atoms with Gasteiger partial charge in [-0.3, -0.25) is 14.9 Å². The minimum absolute atomic E-state index is 0.0767. The third-order valence-corrected chi connectivity index (χ3v) is 2.86. The molecule has 6 nitrogen and oxygen atoms in total. The molecule has 0 spiro atoms. The Morgan fingerprint density at radius 1 is 1.58 bits per heavy atom. The van der Waals surface area contributed by atoms with Crippen molar-refractivity contribution in [2.45, 2.75) is 13.3 Å². The summed E-state index contributed by atoms with van der Waals surface area (Å²) in [5.74, 6) is -0.297. The van der Waals surface area contributed by atoms with Crippen molar-refractivity contribution in [2.75, 3.05) is 13.1 Å². The van der Waals surface area contributed by atoms with Gasteiger partial charge in [-0.25, -0.2) is 0 Å². The highest BCUT2D eigenvalue weighted by atomic mass is 35.5. The highest BCUT2D eigenvalue weighted by Crippen LogP contribution is 2.25. The molecule has 0 aromatic heterocycles. The number of carbonyl (C=O) groups is 1. The molecule has 1 amide bonds. The summed E-state index contributed by atoms with van der Waals surface area (Å²) >= 11 is 5.76. The van der Waals surface area contributed by atoms with Crippen LogP contribution in [0.5, 0.6) is 0 Å². The van der Waals surface area contributed by atoms with E-state index in [1.165, 1.54) is 23.1 Å². The summed E-state index contributed by atoms with van der Waals surface area (Å²) in [6.07, 6.45) is 0.236. The maximum Gasteiger partial charge on any atom is 0.287 e. The van der Waals surface area contributed by atoms with Crippen LogP contribution in [0.25, 0.3) is 0 Å². The summed E-state index contributed by atoms with van der Waals surface area (Å²) < 4.78 is 0. The molecule has 19 heavy (non-hydrogen) atoms. The summed E-state index contributed by atoms with van der Waals surface area (Å²) in [4.78, 5) is 23.6. The molecule has 0 heterocycles. The Bertz CT molecular complexity index is 540. The predicted molar refractivity (Wildman–Crippen MR) is 69.9 cm³/mol. The van der Waals surface area contributed by atoms with Gasteiger partial charge in [-0.15, -0.1) is 0 Å². The maximum absolute atomic E-state index is 12.1. The quantitative estimate of drug-likeness (QED) is 0.613. The van der Waals surface area contributed by atoms with Crippen LogP contribution in [-0.2, 0) is 0 Å². The molecule has 1 aromatic carbocycles. The van der Waals surface area contributed by atoms with E-state index in [1.54, 1.807) is 6.92 Å². The second-order valence-corrected chi connectivity index (χ2v) is 4.12. The number of nitriles is 1. The topological polar surface area (TPSA) is 87.2 Å². The number of rotatable bonds is 5. The largest absolute Gasteiger partial charge is 0.338 e. The predicted octanol–water partition coefficient (Wildman–Crippen LogP) is 2.62. The zero-order valence-electron chi connectivity index (χ0n) is 10.3. The fraction of sp³-hybridized carbons (Fsp3) is 0.333. The van der Waals surface area contributed by atoms with Gasteiger partial charge in [-0.1, -0.05) is 11.6 Å². The van der Waals surface area contributed by atoms with E-state index in [-0.39, 0.29) is 28.6 Å². The molecule has 7 heteroatoms. The summed E-state index contributed by atoms with van der Waals surface area (Å²) in [5.41, 5.74) is 0.0358. The highest BCUT2D eigenvalue weighted by molar-refractivity contribution is 6.33. The van der Waals surface area contributed by atoms with Crippen molar-refractivity contribution in [3.8, 4) is 6.07 Å². The molecule has 0 atom stereocenters. The summed E-state index contributed by atoms with van der Waals surface area (Å²) in [6, 6.07) is 5.80. The first-order chi connectivity index (χ1) is 9.01. The van der Waals surface area contributed by atoms with Crippen molar-refractivity contribution in [3.05, 3.63) is 38.9 Å². The van der Waals surface area contributed by atoms with Crippen molar-refractivity contribution >= 4 is 23.2 Å². The molecule has 0 radical (unpaired) electrons. The van der Waals surface area contributed by atoms with Gasteiger partial charge < -0.3 is 4.90 Å². The molecule has 0 aliphatic rings. The van der Waals surface area contributed by atoms with E-state index in [0.29, 0.717) is 13.1 Å². The van der Waals surface area contributed by atoms with E-state index in [0.717, 1.165) is 0 Å². The number of nitrogens with zero attached hydrogens (tertiary/aromatic N) is 3.